The van der Waals surface area contributed by atoms with Crippen molar-refractivity contribution in [1.29, 1.82) is 0 Å². The van der Waals surface area contributed by atoms with Gasteiger partial charge in [0.15, 0.2) is 0 Å². The molecule has 0 nitrogen and oxygen atoms in total. The van der Waals surface area contributed by atoms with E-state index < -0.39 is 31.7 Å². The second-order valence-corrected chi connectivity index (χ2v) is 25.6. The van der Waals surface area contributed by atoms with Gasteiger partial charge in [-0.1, -0.05) is 243 Å². The first kappa shape index (κ1) is 42.8. The van der Waals surface area contributed by atoms with E-state index in [0.717, 1.165) is 0 Å². The monoisotopic (exact) mass is 876 g/mol. The van der Waals surface area contributed by atoms with E-state index in [9.17, 15) is 0 Å². The van der Waals surface area contributed by atoms with Crippen molar-refractivity contribution in [3.05, 3.63) is 243 Å². The Morgan fingerprint density at radius 2 is 0.484 bits per heavy atom. The molecule has 0 unspecified atom stereocenters. The lowest BCUT2D eigenvalue weighted by Crippen LogP contribution is -2.30. The van der Waals surface area contributed by atoms with E-state index in [-0.39, 0.29) is 0 Å². The highest BCUT2D eigenvalue weighted by atomic mass is 31.1. The van der Waals surface area contributed by atoms with Gasteiger partial charge in [0.05, 0.1) is 0 Å². The van der Waals surface area contributed by atoms with Crippen LogP contribution >= 0.6 is 31.7 Å². The molecular weight excluding hydrogens is 821 g/mol. The van der Waals surface area contributed by atoms with Crippen molar-refractivity contribution in [1.82, 2.24) is 0 Å². The predicted octanol–water partition coefficient (Wildman–Crippen LogP) is 11.8. The molecule has 1 aliphatic rings. The van der Waals surface area contributed by atoms with Crippen LogP contribution < -0.4 is 42.4 Å². The molecule has 0 aliphatic heterocycles. The fraction of sp³-hybridized carbons (Fsp3) is 0.172. The lowest BCUT2D eigenvalue weighted by atomic mass is 9.87. The van der Waals surface area contributed by atoms with Gasteiger partial charge in [0.25, 0.3) is 0 Å². The maximum absolute atomic E-state index is 2.42. The van der Waals surface area contributed by atoms with Gasteiger partial charge in [-0.15, -0.1) is 0 Å². The summed E-state index contributed by atoms with van der Waals surface area (Å²) in [5, 5.41) is 12.1. The maximum Gasteiger partial charge on any atom is -0.0195 e. The summed E-state index contributed by atoms with van der Waals surface area (Å²) in [5.74, 6) is 2.43. The van der Waals surface area contributed by atoms with Crippen LogP contribution in [0, 0.1) is 23.7 Å². The first-order valence-electron chi connectivity index (χ1n) is 22.3. The highest BCUT2D eigenvalue weighted by Gasteiger charge is 2.46. The molecule has 308 valence electrons. The van der Waals surface area contributed by atoms with E-state index in [0.29, 0.717) is 23.7 Å². The molecule has 8 aromatic rings. The van der Waals surface area contributed by atoms with Crippen molar-refractivity contribution in [2.75, 3.05) is 24.6 Å². The summed E-state index contributed by atoms with van der Waals surface area (Å²) in [5.41, 5.74) is 0. The standard InChI is InChI=1S/C58H56P4/c1-9-25-49(26-10-1)59(50-27-11-2-12-28-50)42-41-57-47(44-60(51-29-13-3-14-30-51)52-31-15-4-16-32-52)43-48(45-61(53-33-17-5-18-34-53)54-35-19-6-20-36-54)58(57)46-62(55-37-21-7-22-38-55)56-39-23-8-24-40-56/h1-40,47-48,57-58H,41-46H2/t47-,48+,57+,58-/m0/s1. The summed E-state index contributed by atoms with van der Waals surface area (Å²) < 4.78 is 0. The smallest absolute Gasteiger partial charge is 0.0195 e. The minimum Gasteiger partial charge on any atom is -0.0622 e. The van der Waals surface area contributed by atoms with E-state index in [1.54, 1.807) is 0 Å². The van der Waals surface area contributed by atoms with E-state index in [1.165, 1.54) is 79.9 Å². The zero-order chi connectivity index (χ0) is 41.8. The first-order chi connectivity index (χ1) is 30.8. The molecule has 1 aliphatic carbocycles. The molecule has 1 fully saturated rings. The van der Waals surface area contributed by atoms with Crippen LogP contribution in [0.3, 0.4) is 0 Å². The van der Waals surface area contributed by atoms with Gasteiger partial charge >= 0.3 is 0 Å². The minimum absolute atomic E-state index is 0.510. The Morgan fingerprint density at radius 1 is 0.258 bits per heavy atom. The highest BCUT2D eigenvalue weighted by Crippen LogP contribution is 2.56. The molecule has 0 radical (unpaired) electrons. The molecule has 62 heavy (non-hydrogen) atoms. The molecule has 0 aromatic heterocycles. The van der Waals surface area contributed by atoms with Crippen molar-refractivity contribution in [3.8, 4) is 0 Å². The van der Waals surface area contributed by atoms with Gasteiger partial charge < -0.3 is 0 Å². The van der Waals surface area contributed by atoms with Crippen LogP contribution in [0.5, 0.6) is 0 Å². The van der Waals surface area contributed by atoms with E-state index in [2.05, 4.69) is 243 Å². The van der Waals surface area contributed by atoms with Gasteiger partial charge in [-0.3, -0.25) is 0 Å². The SMILES string of the molecule is c1ccc(P(CC[C@@H]2[C@H](CP(c3ccccc3)c3ccccc3)C[C@H](CP(c3ccccc3)c3ccccc3)[C@@H]2CP(c2ccccc2)c2ccccc2)c2ccccc2)cc1. The molecule has 4 heteroatoms. The average molecular weight is 877 g/mol. The van der Waals surface area contributed by atoms with Gasteiger partial charge in [0, 0.05) is 0 Å². The topological polar surface area (TPSA) is 0 Å². The summed E-state index contributed by atoms with van der Waals surface area (Å²) >= 11 is 0. The molecule has 8 aromatic carbocycles. The normalized spacial score (nSPS) is 17.5. The highest BCUT2D eigenvalue weighted by molar-refractivity contribution is 7.74. The molecule has 1 saturated carbocycles. The zero-order valence-electron chi connectivity index (χ0n) is 35.4. The molecule has 0 N–H and O–H groups in total. The molecular formula is C58H56P4. The van der Waals surface area contributed by atoms with Crippen LogP contribution in [-0.4, -0.2) is 24.6 Å². The number of benzene rings is 8. The molecule has 0 heterocycles. The Hall–Kier alpha value is -4.52. The predicted molar refractivity (Wildman–Crippen MR) is 279 cm³/mol. The van der Waals surface area contributed by atoms with Crippen molar-refractivity contribution < 1.29 is 0 Å². The molecule has 0 amide bonds. The largest absolute Gasteiger partial charge is 0.0622 e. The van der Waals surface area contributed by atoms with Crippen LogP contribution in [0.2, 0.25) is 0 Å². The third kappa shape index (κ3) is 10.6. The van der Waals surface area contributed by atoms with Gasteiger partial charge in [-0.05, 0) is 135 Å². The third-order valence-corrected chi connectivity index (χ3v) is 23.4. The fourth-order valence-electron chi connectivity index (χ4n) is 9.90. The average Bonchev–Trinajstić information content (AvgIpc) is 3.68. The van der Waals surface area contributed by atoms with Crippen LogP contribution in [0.15, 0.2) is 243 Å². The summed E-state index contributed by atoms with van der Waals surface area (Å²) in [6, 6.07) is 92.2. The summed E-state index contributed by atoms with van der Waals surface area (Å²) in [7, 11) is -2.17. The molecule has 0 bridgehead atoms. The second kappa shape index (κ2) is 21.7. The fourth-order valence-corrected chi connectivity index (χ4v) is 20.5. The van der Waals surface area contributed by atoms with Crippen molar-refractivity contribution in [3.63, 3.8) is 0 Å². The number of rotatable bonds is 17. The van der Waals surface area contributed by atoms with Crippen molar-refractivity contribution in [2.24, 2.45) is 23.7 Å². The van der Waals surface area contributed by atoms with Gasteiger partial charge in [0.1, 0.15) is 0 Å². The Morgan fingerprint density at radius 3 is 0.758 bits per heavy atom. The molecule has 4 atom stereocenters. The Kier molecular flexibility index (Phi) is 15.0. The van der Waals surface area contributed by atoms with Crippen LogP contribution in [0.25, 0.3) is 0 Å². The van der Waals surface area contributed by atoms with Gasteiger partial charge in [-0.2, -0.15) is 0 Å². The lowest BCUT2D eigenvalue weighted by molar-refractivity contribution is 0.323. The second-order valence-electron chi connectivity index (χ2n) is 16.5. The summed E-state index contributed by atoms with van der Waals surface area (Å²) in [6.45, 7) is 0. The number of hydrogen-bond acceptors (Lipinski definition) is 0. The summed E-state index contributed by atoms with van der Waals surface area (Å²) in [6.07, 6.45) is 7.44. The lowest BCUT2D eigenvalue weighted by Gasteiger charge is -2.34. The van der Waals surface area contributed by atoms with E-state index in [1.807, 2.05) is 0 Å². The van der Waals surface area contributed by atoms with Crippen molar-refractivity contribution in [2.45, 2.75) is 12.8 Å². The van der Waals surface area contributed by atoms with Crippen LogP contribution in [0.4, 0.5) is 0 Å². The van der Waals surface area contributed by atoms with Crippen molar-refractivity contribution >= 4 is 74.1 Å². The van der Waals surface area contributed by atoms with Crippen LogP contribution in [-0.2, 0) is 0 Å². The Bertz CT molecular complexity index is 2330. The van der Waals surface area contributed by atoms with Gasteiger partial charge in [-0.25, -0.2) is 0 Å². The summed E-state index contributed by atoms with van der Waals surface area (Å²) in [4.78, 5) is 0. The third-order valence-electron chi connectivity index (χ3n) is 12.8. The zero-order valence-corrected chi connectivity index (χ0v) is 39.0. The first-order valence-corrected chi connectivity index (χ1v) is 28.4. The minimum atomic E-state index is -0.572. The Balaban J connectivity index is 1.17. The maximum atomic E-state index is 2.42. The Labute approximate surface area is 375 Å². The molecule has 0 spiro atoms. The van der Waals surface area contributed by atoms with E-state index >= 15 is 0 Å². The van der Waals surface area contributed by atoms with E-state index in [4.69, 9.17) is 0 Å². The number of hydrogen-bond donors (Lipinski definition) is 0. The quantitative estimate of drug-likeness (QED) is 0.0800. The van der Waals surface area contributed by atoms with Gasteiger partial charge in [0.2, 0.25) is 0 Å². The van der Waals surface area contributed by atoms with Crippen LogP contribution in [0.1, 0.15) is 12.8 Å². The molecule has 9 rings (SSSR count). The molecule has 0 saturated heterocycles.